The third-order valence-corrected chi connectivity index (χ3v) is 8.87. The van der Waals surface area contributed by atoms with Crippen LogP contribution in [0.4, 0.5) is 0 Å². The van der Waals surface area contributed by atoms with Gasteiger partial charge in [0.1, 0.15) is 0 Å². The SMILES string of the molecule is C[C@H]1[C@@H]2[C@@H](O)C([C@H](C)C(=O)NCc3cccs3)CC[C@@]2(C)CC[C@@H]1NC(=O)CC(C)(C)C. The topological polar surface area (TPSA) is 78.4 Å². The van der Waals surface area contributed by atoms with E-state index in [0.717, 1.165) is 30.6 Å². The van der Waals surface area contributed by atoms with Gasteiger partial charge in [-0.1, -0.05) is 47.6 Å². The molecule has 2 aliphatic rings. The zero-order valence-electron chi connectivity index (χ0n) is 20.6. The molecular formula is C26H42N2O3S. The van der Waals surface area contributed by atoms with E-state index >= 15 is 0 Å². The van der Waals surface area contributed by atoms with Crippen molar-refractivity contribution >= 4 is 23.2 Å². The molecule has 2 aliphatic carbocycles. The van der Waals surface area contributed by atoms with Gasteiger partial charge in [0, 0.05) is 23.3 Å². The van der Waals surface area contributed by atoms with Gasteiger partial charge < -0.3 is 15.7 Å². The van der Waals surface area contributed by atoms with Crippen molar-refractivity contribution in [3.8, 4) is 0 Å². The second-order valence-corrected chi connectivity index (χ2v) is 12.8. The third kappa shape index (κ3) is 5.74. The van der Waals surface area contributed by atoms with E-state index in [2.05, 4.69) is 45.3 Å². The molecule has 0 aromatic carbocycles. The molecule has 5 nitrogen and oxygen atoms in total. The number of amides is 2. The van der Waals surface area contributed by atoms with Crippen LogP contribution in [-0.2, 0) is 16.1 Å². The van der Waals surface area contributed by atoms with Gasteiger partial charge in [-0.3, -0.25) is 9.59 Å². The summed E-state index contributed by atoms with van der Waals surface area (Å²) in [5.74, 6) is 0.0884. The number of carbonyl (C=O) groups excluding carboxylic acids is 2. The molecule has 1 unspecified atom stereocenters. The van der Waals surface area contributed by atoms with Crippen LogP contribution >= 0.6 is 11.3 Å². The smallest absolute Gasteiger partial charge is 0.223 e. The lowest BCUT2D eigenvalue weighted by Crippen LogP contribution is -2.58. The first-order chi connectivity index (χ1) is 14.9. The standard InChI is InChI=1S/C26H42N2O3S/c1-16(24(31)27-15-18-8-7-13-32-18)19-9-11-26(6)12-10-20(17(2)22(26)23(19)30)28-21(29)14-25(3,4)5/h7-8,13,16-17,19-20,22-23,30H,9-12,14-15H2,1-6H3,(H,27,31)(H,28,29)/t16-,17+,19?,20-,22+,23-,26-/m0/s1. The average molecular weight is 463 g/mol. The maximum absolute atomic E-state index is 12.9. The molecule has 2 fully saturated rings. The van der Waals surface area contributed by atoms with Crippen molar-refractivity contribution in [3.63, 3.8) is 0 Å². The first-order valence-corrected chi connectivity index (χ1v) is 13.1. The van der Waals surface area contributed by atoms with Crippen molar-refractivity contribution in [2.45, 2.75) is 92.3 Å². The number of carbonyl (C=O) groups is 2. The molecule has 0 aliphatic heterocycles. The Labute approximate surface area is 197 Å². The summed E-state index contributed by atoms with van der Waals surface area (Å²) in [7, 11) is 0. The number of thiophene rings is 1. The van der Waals surface area contributed by atoms with Gasteiger partial charge in [0.05, 0.1) is 12.6 Å². The molecule has 0 spiro atoms. The number of rotatable bonds is 6. The van der Waals surface area contributed by atoms with E-state index in [-0.39, 0.29) is 52.4 Å². The fraction of sp³-hybridized carbons (Fsp3) is 0.769. The van der Waals surface area contributed by atoms with Gasteiger partial charge in [0.2, 0.25) is 11.8 Å². The second-order valence-electron chi connectivity index (χ2n) is 11.8. The zero-order chi connectivity index (χ0) is 23.7. The zero-order valence-corrected chi connectivity index (χ0v) is 21.4. The van der Waals surface area contributed by atoms with Crippen molar-refractivity contribution in [2.24, 2.45) is 34.5 Å². The Balaban J connectivity index is 1.66. The molecule has 0 bridgehead atoms. The van der Waals surface area contributed by atoms with Gasteiger partial charge >= 0.3 is 0 Å². The van der Waals surface area contributed by atoms with Crippen LogP contribution in [0.15, 0.2) is 17.5 Å². The largest absolute Gasteiger partial charge is 0.392 e. The Kier molecular flexibility index (Phi) is 7.76. The summed E-state index contributed by atoms with van der Waals surface area (Å²) in [6, 6.07) is 4.09. The summed E-state index contributed by atoms with van der Waals surface area (Å²) in [4.78, 5) is 26.6. The van der Waals surface area contributed by atoms with Crippen LogP contribution < -0.4 is 10.6 Å². The van der Waals surface area contributed by atoms with E-state index in [1.54, 1.807) is 11.3 Å². The van der Waals surface area contributed by atoms with E-state index < -0.39 is 6.10 Å². The minimum absolute atomic E-state index is 0.0181. The summed E-state index contributed by atoms with van der Waals surface area (Å²) < 4.78 is 0. The first kappa shape index (κ1) is 25.2. The fourth-order valence-electron chi connectivity index (χ4n) is 6.18. The number of hydrogen-bond donors (Lipinski definition) is 3. The molecule has 180 valence electrons. The van der Waals surface area contributed by atoms with Crippen molar-refractivity contribution < 1.29 is 14.7 Å². The molecule has 7 atom stereocenters. The summed E-state index contributed by atoms with van der Waals surface area (Å²) in [6.07, 6.45) is 3.83. The quantitative estimate of drug-likeness (QED) is 0.571. The van der Waals surface area contributed by atoms with Crippen molar-refractivity contribution in [1.82, 2.24) is 10.6 Å². The van der Waals surface area contributed by atoms with Crippen LogP contribution in [0.3, 0.4) is 0 Å². The number of hydrogen-bond acceptors (Lipinski definition) is 4. The van der Waals surface area contributed by atoms with Crippen LogP contribution in [-0.4, -0.2) is 29.1 Å². The monoisotopic (exact) mass is 462 g/mol. The van der Waals surface area contributed by atoms with Gasteiger partial charge in [-0.15, -0.1) is 11.3 Å². The van der Waals surface area contributed by atoms with Crippen LogP contribution in [0.1, 0.15) is 78.5 Å². The van der Waals surface area contributed by atoms with E-state index in [9.17, 15) is 14.7 Å². The maximum Gasteiger partial charge on any atom is 0.223 e. The summed E-state index contributed by atoms with van der Waals surface area (Å²) in [5, 5.41) is 19.9. The van der Waals surface area contributed by atoms with E-state index in [1.807, 2.05) is 24.4 Å². The highest BCUT2D eigenvalue weighted by molar-refractivity contribution is 7.09. The molecule has 32 heavy (non-hydrogen) atoms. The van der Waals surface area contributed by atoms with Gasteiger partial charge in [-0.2, -0.15) is 0 Å². The van der Waals surface area contributed by atoms with Crippen molar-refractivity contribution in [1.29, 1.82) is 0 Å². The third-order valence-electron chi connectivity index (χ3n) is 8.00. The molecule has 3 rings (SSSR count). The predicted octanol–water partition coefficient (Wildman–Crippen LogP) is 4.74. The lowest BCUT2D eigenvalue weighted by Gasteiger charge is -2.56. The molecular weight excluding hydrogens is 420 g/mol. The minimum Gasteiger partial charge on any atom is -0.392 e. The van der Waals surface area contributed by atoms with Crippen LogP contribution in [0, 0.1) is 34.5 Å². The molecule has 1 aromatic rings. The summed E-state index contributed by atoms with van der Waals surface area (Å²) in [6.45, 7) is 13.2. The lowest BCUT2D eigenvalue weighted by atomic mass is 9.51. The first-order valence-electron chi connectivity index (χ1n) is 12.2. The van der Waals surface area contributed by atoms with E-state index in [0.29, 0.717) is 13.0 Å². The number of aliphatic hydroxyl groups excluding tert-OH is 1. The molecule has 1 aromatic heterocycles. The molecule has 3 N–H and O–H groups in total. The Morgan fingerprint density at radius 2 is 1.97 bits per heavy atom. The Morgan fingerprint density at radius 1 is 1.28 bits per heavy atom. The van der Waals surface area contributed by atoms with Gasteiger partial charge in [-0.25, -0.2) is 0 Å². The molecule has 0 saturated heterocycles. The van der Waals surface area contributed by atoms with Crippen LogP contribution in [0.25, 0.3) is 0 Å². The van der Waals surface area contributed by atoms with Gasteiger partial charge in [0.15, 0.2) is 0 Å². The summed E-state index contributed by atoms with van der Waals surface area (Å²) in [5.41, 5.74) is 0.0195. The molecule has 6 heteroatoms. The second kappa shape index (κ2) is 9.84. The molecule has 2 amide bonds. The number of nitrogens with one attached hydrogen (secondary N) is 2. The van der Waals surface area contributed by atoms with Crippen LogP contribution in [0.5, 0.6) is 0 Å². The van der Waals surface area contributed by atoms with Crippen molar-refractivity contribution in [3.05, 3.63) is 22.4 Å². The summed E-state index contributed by atoms with van der Waals surface area (Å²) >= 11 is 1.64. The number of aliphatic hydroxyl groups is 1. The average Bonchev–Trinajstić information content (AvgIpc) is 3.20. The van der Waals surface area contributed by atoms with Crippen molar-refractivity contribution in [2.75, 3.05) is 0 Å². The van der Waals surface area contributed by atoms with E-state index in [4.69, 9.17) is 0 Å². The predicted molar refractivity (Wildman–Crippen MR) is 130 cm³/mol. The minimum atomic E-state index is -0.534. The molecule has 0 radical (unpaired) electrons. The Hall–Kier alpha value is -1.40. The molecule has 2 saturated carbocycles. The van der Waals surface area contributed by atoms with Gasteiger partial charge in [0.25, 0.3) is 0 Å². The highest BCUT2D eigenvalue weighted by Gasteiger charge is 2.53. The maximum atomic E-state index is 12.9. The van der Waals surface area contributed by atoms with Crippen LogP contribution in [0.2, 0.25) is 0 Å². The number of fused-ring (bicyclic) bond motifs is 1. The van der Waals surface area contributed by atoms with E-state index in [1.165, 1.54) is 0 Å². The Bertz CT molecular complexity index is 787. The normalized spacial score (nSPS) is 33.8. The highest BCUT2D eigenvalue weighted by Crippen LogP contribution is 2.55. The Morgan fingerprint density at radius 3 is 2.59 bits per heavy atom. The van der Waals surface area contributed by atoms with Gasteiger partial charge in [-0.05, 0) is 65.7 Å². The highest BCUT2D eigenvalue weighted by atomic mass is 32.1. The molecule has 1 heterocycles. The fourth-order valence-corrected chi connectivity index (χ4v) is 6.82. The lowest BCUT2D eigenvalue weighted by molar-refractivity contribution is -0.144.